The molecule has 0 aliphatic carbocycles. The van der Waals surface area contributed by atoms with E-state index >= 15 is 0 Å². The smallest absolute Gasteiger partial charge is 0.349 e. The molecule has 3 aromatic heterocycles. The third kappa shape index (κ3) is 3.35. The van der Waals surface area contributed by atoms with Crippen molar-refractivity contribution in [3.8, 4) is 6.07 Å². The zero-order valence-electron chi connectivity index (χ0n) is 13.7. The third-order valence-corrected chi connectivity index (χ3v) is 5.47. The van der Waals surface area contributed by atoms with Crippen LogP contribution in [0.5, 0.6) is 0 Å². The Morgan fingerprint density at radius 2 is 2.19 bits per heavy atom. The van der Waals surface area contributed by atoms with Crippen molar-refractivity contribution < 1.29 is 14.3 Å². The molecule has 0 aromatic carbocycles. The van der Waals surface area contributed by atoms with Gasteiger partial charge in [0.15, 0.2) is 6.61 Å². The number of nitrogens with zero attached hydrogens (tertiary/aromatic N) is 2. The lowest BCUT2D eigenvalue weighted by molar-refractivity contribution is -0.119. The number of ether oxygens (including phenoxy) is 1. The van der Waals surface area contributed by atoms with E-state index in [2.05, 4.69) is 15.3 Å². The van der Waals surface area contributed by atoms with E-state index in [1.54, 1.807) is 25.3 Å². The monoisotopic (exact) mass is 388 g/mol. The molecule has 0 saturated heterocycles. The maximum atomic E-state index is 12.3. The zero-order chi connectivity index (χ0) is 18.8. The average Bonchev–Trinajstić information content (AvgIpc) is 3.16. The number of carbonyl (C=O) groups excluding carboxylic acids is 2. The number of hydrogen-bond donors (Lipinski definition) is 2. The third-order valence-electron chi connectivity index (χ3n) is 3.48. The summed E-state index contributed by atoms with van der Waals surface area (Å²) in [6.45, 7) is 2.78. The van der Waals surface area contributed by atoms with Gasteiger partial charge in [0.05, 0.1) is 10.9 Å². The SMILES string of the molecule is Cc1nc2sc(C(=O)OCC(=O)Nc3sccc3C#N)c(C)c2c(=O)[nH]1. The first-order valence-electron chi connectivity index (χ1n) is 7.35. The second-order valence-electron chi connectivity index (χ2n) is 5.29. The molecule has 0 spiro atoms. The van der Waals surface area contributed by atoms with E-state index in [1.165, 1.54) is 11.3 Å². The molecule has 8 nitrogen and oxygen atoms in total. The van der Waals surface area contributed by atoms with Gasteiger partial charge < -0.3 is 15.0 Å². The van der Waals surface area contributed by atoms with Crippen molar-refractivity contribution in [3.63, 3.8) is 0 Å². The fraction of sp³-hybridized carbons (Fsp3) is 0.188. The lowest BCUT2D eigenvalue weighted by Crippen LogP contribution is -2.20. The van der Waals surface area contributed by atoms with Crippen LogP contribution in [0.15, 0.2) is 16.2 Å². The van der Waals surface area contributed by atoms with E-state index in [4.69, 9.17) is 10.00 Å². The lowest BCUT2D eigenvalue weighted by Gasteiger charge is -2.05. The Kier molecular flexibility index (Phi) is 4.83. The summed E-state index contributed by atoms with van der Waals surface area (Å²) >= 11 is 2.25. The molecule has 10 heteroatoms. The van der Waals surface area contributed by atoms with Crippen molar-refractivity contribution in [1.29, 1.82) is 5.26 Å². The highest BCUT2D eigenvalue weighted by atomic mass is 32.1. The van der Waals surface area contributed by atoms with Gasteiger partial charge in [0, 0.05) is 0 Å². The van der Waals surface area contributed by atoms with Gasteiger partial charge in [-0.1, -0.05) is 0 Å². The minimum absolute atomic E-state index is 0.227. The molecule has 3 aromatic rings. The molecule has 26 heavy (non-hydrogen) atoms. The van der Waals surface area contributed by atoms with Crippen LogP contribution in [0.4, 0.5) is 5.00 Å². The highest BCUT2D eigenvalue weighted by Crippen LogP contribution is 2.27. The number of fused-ring (bicyclic) bond motifs is 1. The number of carbonyl (C=O) groups is 2. The van der Waals surface area contributed by atoms with Crippen LogP contribution in [0.2, 0.25) is 0 Å². The molecular formula is C16H12N4O4S2. The van der Waals surface area contributed by atoms with Gasteiger partial charge in [-0.05, 0) is 30.9 Å². The number of rotatable bonds is 4. The van der Waals surface area contributed by atoms with Crippen LogP contribution in [0.25, 0.3) is 10.2 Å². The van der Waals surface area contributed by atoms with Gasteiger partial charge in [0.25, 0.3) is 11.5 Å². The number of H-pyrrole nitrogens is 1. The van der Waals surface area contributed by atoms with Crippen molar-refractivity contribution in [2.45, 2.75) is 13.8 Å². The van der Waals surface area contributed by atoms with Gasteiger partial charge in [-0.15, -0.1) is 22.7 Å². The molecule has 0 unspecified atom stereocenters. The molecule has 0 atom stereocenters. The van der Waals surface area contributed by atoms with Gasteiger partial charge >= 0.3 is 5.97 Å². The number of thiophene rings is 2. The van der Waals surface area contributed by atoms with Crippen LogP contribution < -0.4 is 10.9 Å². The molecule has 1 amide bonds. The van der Waals surface area contributed by atoms with E-state index in [0.717, 1.165) is 11.3 Å². The van der Waals surface area contributed by atoms with Crippen molar-refractivity contribution in [2.75, 3.05) is 11.9 Å². The molecule has 0 saturated carbocycles. The summed E-state index contributed by atoms with van der Waals surface area (Å²) in [7, 11) is 0. The average molecular weight is 388 g/mol. The minimum Gasteiger partial charge on any atom is -0.451 e. The number of aromatic nitrogens is 2. The number of aryl methyl sites for hydroxylation is 2. The highest BCUT2D eigenvalue weighted by Gasteiger charge is 2.21. The Bertz CT molecular complexity index is 1120. The fourth-order valence-corrected chi connectivity index (χ4v) is 4.17. The molecule has 0 aliphatic rings. The van der Waals surface area contributed by atoms with E-state index in [1.807, 2.05) is 6.07 Å². The Labute approximate surface area is 155 Å². The number of hydrogen-bond acceptors (Lipinski definition) is 8. The van der Waals surface area contributed by atoms with Crippen LogP contribution in [-0.4, -0.2) is 28.5 Å². The van der Waals surface area contributed by atoms with Gasteiger partial charge in [-0.2, -0.15) is 5.26 Å². The van der Waals surface area contributed by atoms with Crippen LogP contribution in [0.1, 0.15) is 26.6 Å². The number of nitriles is 1. The lowest BCUT2D eigenvalue weighted by atomic mass is 10.2. The second kappa shape index (κ2) is 7.07. The maximum Gasteiger partial charge on any atom is 0.349 e. The summed E-state index contributed by atoms with van der Waals surface area (Å²) in [6.07, 6.45) is 0. The summed E-state index contributed by atoms with van der Waals surface area (Å²) in [5.41, 5.74) is 0.490. The van der Waals surface area contributed by atoms with Gasteiger partial charge in [0.1, 0.15) is 26.6 Å². The zero-order valence-corrected chi connectivity index (χ0v) is 15.3. The first-order chi connectivity index (χ1) is 12.4. The van der Waals surface area contributed by atoms with Gasteiger partial charge in [0.2, 0.25) is 0 Å². The first-order valence-corrected chi connectivity index (χ1v) is 9.05. The van der Waals surface area contributed by atoms with Crippen molar-refractivity contribution in [1.82, 2.24) is 9.97 Å². The number of amides is 1. The predicted molar refractivity (Wildman–Crippen MR) is 97.7 cm³/mol. The minimum atomic E-state index is -0.704. The Hall–Kier alpha value is -3.03. The molecule has 0 bridgehead atoms. The largest absolute Gasteiger partial charge is 0.451 e. The summed E-state index contributed by atoms with van der Waals surface area (Å²) < 4.78 is 5.03. The van der Waals surface area contributed by atoms with Crippen molar-refractivity contribution >= 4 is 49.8 Å². The van der Waals surface area contributed by atoms with Gasteiger partial charge in [-0.3, -0.25) is 9.59 Å². The van der Waals surface area contributed by atoms with E-state index in [9.17, 15) is 14.4 Å². The number of aromatic amines is 1. The van der Waals surface area contributed by atoms with E-state index in [0.29, 0.717) is 32.2 Å². The summed E-state index contributed by atoms with van der Waals surface area (Å²) in [5, 5.41) is 13.9. The molecule has 0 radical (unpaired) electrons. The normalized spacial score (nSPS) is 10.5. The quantitative estimate of drug-likeness (QED) is 0.661. The molecule has 2 N–H and O–H groups in total. The Morgan fingerprint density at radius 1 is 1.42 bits per heavy atom. The van der Waals surface area contributed by atoms with Crippen LogP contribution in [0.3, 0.4) is 0 Å². The molecule has 0 fully saturated rings. The van der Waals surface area contributed by atoms with E-state index in [-0.39, 0.29) is 10.4 Å². The van der Waals surface area contributed by atoms with E-state index < -0.39 is 18.5 Å². The molecule has 0 aliphatic heterocycles. The standard InChI is InChI=1S/C16H12N4O4S2/c1-7-11-13(22)18-8(2)19-15(11)26-12(7)16(23)24-6-10(21)20-14-9(5-17)3-4-25-14/h3-4H,6H2,1-2H3,(H,20,21)(H,18,19,22). The fourth-order valence-electron chi connectivity index (χ4n) is 2.30. The van der Waals surface area contributed by atoms with Crippen molar-refractivity contribution in [3.05, 3.63) is 43.6 Å². The number of esters is 1. The second-order valence-corrected chi connectivity index (χ2v) is 7.20. The predicted octanol–water partition coefficient (Wildman–Crippen LogP) is 2.33. The van der Waals surface area contributed by atoms with Crippen molar-refractivity contribution in [2.24, 2.45) is 0 Å². The number of anilines is 1. The molecular weight excluding hydrogens is 376 g/mol. The highest BCUT2D eigenvalue weighted by molar-refractivity contribution is 7.20. The molecule has 3 rings (SSSR count). The Morgan fingerprint density at radius 3 is 2.92 bits per heavy atom. The van der Waals surface area contributed by atoms with Crippen LogP contribution in [0, 0.1) is 25.2 Å². The van der Waals surface area contributed by atoms with Crippen LogP contribution >= 0.6 is 22.7 Å². The molecule has 132 valence electrons. The molecule has 3 heterocycles. The number of nitrogens with one attached hydrogen (secondary N) is 2. The van der Waals surface area contributed by atoms with Gasteiger partial charge in [-0.25, -0.2) is 9.78 Å². The summed E-state index contributed by atoms with van der Waals surface area (Å²) in [5.74, 6) is -0.806. The van der Waals surface area contributed by atoms with Crippen LogP contribution in [-0.2, 0) is 9.53 Å². The maximum absolute atomic E-state index is 12.3. The summed E-state index contributed by atoms with van der Waals surface area (Å²) in [6, 6.07) is 3.54. The topological polar surface area (TPSA) is 125 Å². The Balaban J connectivity index is 1.73. The first kappa shape index (κ1) is 17.8. The summed E-state index contributed by atoms with van der Waals surface area (Å²) in [4.78, 5) is 43.7.